The topological polar surface area (TPSA) is 49.3 Å². The summed E-state index contributed by atoms with van der Waals surface area (Å²) in [6.07, 6.45) is 0. The molecule has 0 aliphatic heterocycles. The first kappa shape index (κ1) is 11.7. The summed E-state index contributed by atoms with van der Waals surface area (Å²) in [6.45, 7) is 2.76. The third-order valence-corrected chi connectivity index (χ3v) is 2.16. The third-order valence-electron chi connectivity index (χ3n) is 2.16. The van der Waals surface area contributed by atoms with Crippen LogP contribution >= 0.6 is 0 Å². The molecule has 1 unspecified atom stereocenters. The minimum atomic E-state index is -0.544. The molecule has 2 N–H and O–H groups in total. The Balaban J connectivity index is 2.92. The van der Waals surface area contributed by atoms with E-state index in [0.717, 1.165) is 0 Å². The summed E-state index contributed by atoms with van der Waals surface area (Å²) in [7, 11) is 0. The number of aliphatic hydroxyl groups is 1. The largest absolute Gasteiger partial charge is 0.394 e. The summed E-state index contributed by atoms with van der Waals surface area (Å²) in [5, 5.41) is 11.6. The molecule has 1 aromatic carbocycles. The molecule has 1 aromatic rings. The van der Waals surface area contributed by atoms with E-state index in [1.54, 1.807) is 19.1 Å². The average Bonchev–Trinajstić information content (AvgIpc) is 2.18. The summed E-state index contributed by atoms with van der Waals surface area (Å²) in [5.74, 6) is -0.591. The zero-order chi connectivity index (χ0) is 11.4. The van der Waals surface area contributed by atoms with Crippen LogP contribution in [0.2, 0.25) is 0 Å². The highest BCUT2D eigenvalue weighted by atomic mass is 19.1. The standard InChI is InChI=1S/C11H14FNO2/c1-7-3-4-9(5-10(7)12)11(6-14)13-8(2)15/h3-5,11,14H,6H2,1-2H3,(H,13,15). The summed E-state index contributed by atoms with van der Waals surface area (Å²) >= 11 is 0. The lowest BCUT2D eigenvalue weighted by atomic mass is 10.1. The summed E-state index contributed by atoms with van der Waals surface area (Å²) in [5.41, 5.74) is 1.11. The number of aliphatic hydroxyl groups excluding tert-OH is 1. The van der Waals surface area contributed by atoms with E-state index in [-0.39, 0.29) is 18.3 Å². The molecule has 0 fully saturated rings. The van der Waals surface area contributed by atoms with Gasteiger partial charge >= 0.3 is 0 Å². The van der Waals surface area contributed by atoms with Crippen molar-refractivity contribution in [3.8, 4) is 0 Å². The second kappa shape index (κ2) is 4.89. The van der Waals surface area contributed by atoms with Crippen LogP contribution in [0.4, 0.5) is 4.39 Å². The Bertz CT molecular complexity index is 366. The summed E-state index contributed by atoms with van der Waals surface area (Å²) in [4.78, 5) is 10.8. The molecule has 4 heteroatoms. The lowest BCUT2D eigenvalue weighted by molar-refractivity contribution is -0.120. The minimum Gasteiger partial charge on any atom is -0.394 e. The number of hydrogen-bond donors (Lipinski definition) is 2. The Hall–Kier alpha value is -1.42. The van der Waals surface area contributed by atoms with Crippen molar-refractivity contribution in [2.24, 2.45) is 0 Å². The fourth-order valence-electron chi connectivity index (χ4n) is 1.31. The van der Waals surface area contributed by atoms with E-state index in [1.807, 2.05) is 0 Å². The number of benzene rings is 1. The molecule has 0 radical (unpaired) electrons. The van der Waals surface area contributed by atoms with Crippen molar-refractivity contribution in [3.63, 3.8) is 0 Å². The average molecular weight is 211 g/mol. The van der Waals surface area contributed by atoms with Crippen LogP contribution in [-0.4, -0.2) is 17.6 Å². The molecule has 82 valence electrons. The number of aryl methyl sites for hydroxylation is 1. The van der Waals surface area contributed by atoms with Gasteiger partial charge in [0.1, 0.15) is 5.82 Å². The third kappa shape index (κ3) is 3.02. The molecule has 1 rings (SSSR count). The molecule has 0 aliphatic carbocycles. The van der Waals surface area contributed by atoms with E-state index in [0.29, 0.717) is 11.1 Å². The van der Waals surface area contributed by atoms with E-state index in [2.05, 4.69) is 5.32 Å². The van der Waals surface area contributed by atoms with Crippen LogP contribution in [0.5, 0.6) is 0 Å². The molecule has 0 aliphatic rings. The molecule has 1 atom stereocenters. The Morgan fingerprint density at radius 2 is 2.27 bits per heavy atom. The fraction of sp³-hybridized carbons (Fsp3) is 0.364. The van der Waals surface area contributed by atoms with Crippen LogP contribution in [0.3, 0.4) is 0 Å². The maximum Gasteiger partial charge on any atom is 0.217 e. The predicted octanol–water partition coefficient (Wildman–Crippen LogP) is 1.30. The lowest BCUT2D eigenvalue weighted by Crippen LogP contribution is -2.28. The summed E-state index contributed by atoms with van der Waals surface area (Å²) < 4.78 is 13.2. The lowest BCUT2D eigenvalue weighted by Gasteiger charge is -2.15. The minimum absolute atomic E-state index is 0.248. The second-order valence-electron chi connectivity index (χ2n) is 3.44. The van der Waals surface area contributed by atoms with Gasteiger partial charge in [0.25, 0.3) is 0 Å². The van der Waals surface area contributed by atoms with Crippen molar-refractivity contribution in [1.29, 1.82) is 0 Å². The maximum absolute atomic E-state index is 13.2. The van der Waals surface area contributed by atoms with Gasteiger partial charge in [-0.15, -0.1) is 0 Å². The van der Waals surface area contributed by atoms with Crippen molar-refractivity contribution in [2.45, 2.75) is 19.9 Å². The number of rotatable bonds is 3. The quantitative estimate of drug-likeness (QED) is 0.791. The molecule has 3 nitrogen and oxygen atoms in total. The van der Waals surface area contributed by atoms with Crippen molar-refractivity contribution < 1.29 is 14.3 Å². The Morgan fingerprint density at radius 1 is 1.60 bits per heavy atom. The van der Waals surface area contributed by atoms with Crippen LogP contribution in [0.25, 0.3) is 0 Å². The van der Waals surface area contributed by atoms with Crippen molar-refractivity contribution in [3.05, 3.63) is 35.1 Å². The number of carbonyl (C=O) groups is 1. The molecular formula is C11H14FNO2. The van der Waals surface area contributed by atoms with E-state index in [9.17, 15) is 9.18 Å². The normalized spacial score (nSPS) is 12.3. The molecule has 0 heterocycles. The van der Waals surface area contributed by atoms with Gasteiger partial charge in [-0.05, 0) is 24.1 Å². The second-order valence-corrected chi connectivity index (χ2v) is 3.44. The van der Waals surface area contributed by atoms with Gasteiger partial charge in [-0.2, -0.15) is 0 Å². The number of halogens is 1. The van der Waals surface area contributed by atoms with Gasteiger partial charge in [-0.25, -0.2) is 4.39 Å². The van der Waals surface area contributed by atoms with Crippen LogP contribution in [0, 0.1) is 12.7 Å². The van der Waals surface area contributed by atoms with E-state index in [4.69, 9.17) is 5.11 Å². The number of nitrogens with one attached hydrogen (secondary N) is 1. The van der Waals surface area contributed by atoms with Gasteiger partial charge in [0.15, 0.2) is 0 Å². The zero-order valence-corrected chi connectivity index (χ0v) is 8.75. The van der Waals surface area contributed by atoms with Gasteiger partial charge < -0.3 is 10.4 Å². The van der Waals surface area contributed by atoms with E-state index >= 15 is 0 Å². The molecule has 0 saturated carbocycles. The van der Waals surface area contributed by atoms with Gasteiger partial charge in [0, 0.05) is 6.92 Å². The molecule has 0 bridgehead atoms. The highest BCUT2D eigenvalue weighted by Gasteiger charge is 2.12. The monoisotopic (exact) mass is 211 g/mol. The van der Waals surface area contributed by atoms with Gasteiger partial charge in [-0.1, -0.05) is 12.1 Å². The Kier molecular flexibility index (Phi) is 3.80. The maximum atomic E-state index is 13.2. The first-order chi connectivity index (χ1) is 7.04. The fourth-order valence-corrected chi connectivity index (χ4v) is 1.31. The van der Waals surface area contributed by atoms with Gasteiger partial charge in [0.2, 0.25) is 5.91 Å². The first-order valence-corrected chi connectivity index (χ1v) is 4.68. The molecule has 0 saturated heterocycles. The Labute approximate surface area is 87.9 Å². The van der Waals surface area contributed by atoms with Crippen LogP contribution < -0.4 is 5.32 Å². The van der Waals surface area contributed by atoms with E-state index in [1.165, 1.54) is 13.0 Å². The molecule has 1 amide bonds. The number of carbonyl (C=O) groups excluding carboxylic acids is 1. The highest BCUT2D eigenvalue weighted by Crippen LogP contribution is 2.16. The van der Waals surface area contributed by atoms with E-state index < -0.39 is 6.04 Å². The predicted molar refractivity (Wildman–Crippen MR) is 54.8 cm³/mol. The summed E-state index contributed by atoms with van der Waals surface area (Å²) in [6, 6.07) is 4.09. The van der Waals surface area contributed by atoms with Gasteiger partial charge in [0.05, 0.1) is 12.6 Å². The van der Waals surface area contributed by atoms with Crippen molar-refractivity contribution >= 4 is 5.91 Å². The smallest absolute Gasteiger partial charge is 0.217 e. The van der Waals surface area contributed by atoms with Crippen LogP contribution in [-0.2, 0) is 4.79 Å². The molecule has 15 heavy (non-hydrogen) atoms. The number of amides is 1. The molecule has 0 spiro atoms. The van der Waals surface area contributed by atoms with Gasteiger partial charge in [-0.3, -0.25) is 4.79 Å². The first-order valence-electron chi connectivity index (χ1n) is 4.68. The SMILES string of the molecule is CC(=O)NC(CO)c1ccc(C)c(F)c1. The van der Waals surface area contributed by atoms with Crippen LogP contribution in [0.1, 0.15) is 24.1 Å². The van der Waals surface area contributed by atoms with Crippen molar-refractivity contribution in [2.75, 3.05) is 6.61 Å². The highest BCUT2D eigenvalue weighted by molar-refractivity contribution is 5.73. The molecule has 0 aromatic heterocycles. The van der Waals surface area contributed by atoms with Crippen molar-refractivity contribution in [1.82, 2.24) is 5.32 Å². The Morgan fingerprint density at radius 3 is 2.73 bits per heavy atom. The van der Waals surface area contributed by atoms with Crippen LogP contribution in [0.15, 0.2) is 18.2 Å². The zero-order valence-electron chi connectivity index (χ0n) is 8.75. The number of hydrogen-bond acceptors (Lipinski definition) is 2. The molecular weight excluding hydrogens is 197 g/mol.